The number of aliphatic hydroxyl groups excluding tert-OH is 1. The van der Waals surface area contributed by atoms with Gasteiger partial charge in [-0.1, -0.05) is 38.3 Å². The zero-order valence-corrected chi connectivity index (χ0v) is 22.9. The Morgan fingerprint density at radius 2 is 1.97 bits per heavy atom. The summed E-state index contributed by atoms with van der Waals surface area (Å²) in [6.45, 7) is 2.97. The fraction of sp³-hybridized carbons (Fsp3) is 0.724. The summed E-state index contributed by atoms with van der Waals surface area (Å²) in [6, 6.07) is 5.98. The Balaban J connectivity index is 1.70. The van der Waals surface area contributed by atoms with Gasteiger partial charge in [0, 0.05) is 6.54 Å². The lowest BCUT2D eigenvalue weighted by molar-refractivity contribution is -0.142. The van der Waals surface area contributed by atoms with E-state index in [9.17, 15) is 14.7 Å². The Morgan fingerprint density at radius 3 is 2.70 bits per heavy atom. The van der Waals surface area contributed by atoms with Gasteiger partial charge in [-0.05, 0) is 87.6 Å². The smallest absolute Gasteiger partial charge is 0.482 e. The van der Waals surface area contributed by atoms with Crippen molar-refractivity contribution in [1.29, 1.82) is 0 Å². The van der Waals surface area contributed by atoms with Gasteiger partial charge in [0.15, 0.2) is 6.61 Å². The highest BCUT2D eigenvalue weighted by atomic mass is 16.7. The first-order valence-corrected chi connectivity index (χ1v) is 13.8. The zero-order chi connectivity index (χ0) is 26.8. The number of nitrogens with zero attached hydrogens (tertiary/aromatic N) is 1. The molecule has 0 aliphatic heterocycles. The second-order valence-electron chi connectivity index (χ2n) is 10.8. The minimum atomic E-state index is -0.612. The normalized spacial score (nSPS) is 23.2. The van der Waals surface area contributed by atoms with Gasteiger partial charge in [-0.25, -0.2) is 9.59 Å². The van der Waals surface area contributed by atoms with Crippen LogP contribution in [0.5, 0.6) is 5.75 Å². The predicted molar refractivity (Wildman–Crippen MR) is 141 cm³/mol. The number of fused-ring (bicyclic) bond motifs is 2. The molecule has 37 heavy (non-hydrogen) atoms. The standard InChI is InChI=1S/C29H45NO7/c1-5-6-7-10-22(31)12-13-23-24-16-20-9-8-11-26(36-19-28(32)34-4)25(20)17-21(24)18-27(23)37-29(33)35-15-14-30(2)3/h8-9,11,21-24,27,31H,5-7,10,12-19H2,1-4H3. The fourth-order valence-electron chi connectivity index (χ4n) is 5.87. The number of aliphatic hydroxyl groups is 1. The molecule has 1 N–H and O–H groups in total. The van der Waals surface area contributed by atoms with Crippen molar-refractivity contribution in [3.05, 3.63) is 29.3 Å². The Bertz CT molecular complexity index is 874. The monoisotopic (exact) mass is 519 g/mol. The second kappa shape index (κ2) is 14.6. The van der Waals surface area contributed by atoms with E-state index in [1.165, 1.54) is 12.7 Å². The van der Waals surface area contributed by atoms with E-state index >= 15 is 0 Å². The highest BCUT2D eigenvalue weighted by Crippen LogP contribution is 2.49. The van der Waals surface area contributed by atoms with Gasteiger partial charge in [0.05, 0.1) is 13.2 Å². The van der Waals surface area contributed by atoms with Crippen molar-refractivity contribution in [2.45, 2.75) is 76.9 Å². The van der Waals surface area contributed by atoms with Crippen LogP contribution in [0.3, 0.4) is 0 Å². The number of ether oxygens (including phenoxy) is 4. The molecule has 0 bridgehead atoms. The third-order valence-corrected chi connectivity index (χ3v) is 7.87. The molecular weight excluding hydrogens is 474 g/mol. The number of methoxy groups -OCH3 is 1. The Hall–Kier alpha value is -2.32. The van der Waals surface area contributed by atoms with E-state index in [0.29, 0.717) is 31.4 Å². The molecule has 8 heteroatoms. The molecule has 3 rings (SSSR count). The molecule has 8 nitrogen and oxygen atoms in total. The summed E-state index contributed by atoms with van der Waals surface area (Å²) in [4.78, 5) is 26.1. The van der Waals surface area contributed by atoms with E-state index in [-0.39, 0.29) is 24.7 Å². The van der Waals surface area contributed by atoms with E-state index in [0.717, 1.165) is 62.7 Å². The van der Waals surface area contributed by atoms with Crippen LogP contribution in [0.1, 0.15) is 63.0 Å². The van der Waals surface area contributed by atoms with Gasteiger partial charge in [0.2, 0.25) is 0 Å². The lowest BCUT2D eigenvalue weighted by Gasteiger charge is -2.32. The van der Waals surface area contributed by atoms with E-state index in [2.05, 4.69) is 13.0 Å². The van der Waals surface area contributed by atoms with Crippen LogP contribution in [0.4, 0.5) is 4.79 Å². The van der Waals surface area contributed by atoms with Gasteiger partial charge >= 0.3 is 12.1 Å². The van der Waals surface area contributed by atoms with Gasteiger partial charge in [0.1, 0.15) is 18.5 Å². The molecule has 208 valence electrons. The molecule has 2 aliphatic rings. The molecule has 0 saturated heterocycles. The van der Waals surface area contributed by atoms with Crippen LogP contribution in [0, 0.1) is 17.8 Å². The molecule has 2 aliphatic carbocycles. The number of rotatable bonds is 14. The molecule has 5 atom stereocenters. The van der Waals surface area contributed by atoms with Crippen LogP contribution >= 0.6 is 0 Å². The van der Waals surface area contributed by atoms with Crippen LogP contribution in [0.25, 0.3) is 0 Å². The number of esters is 1. The number of hydrogen-bond acceptors (Lipinski definition) is 8. The van der Waals surface area contributed by atoms with Crippen molar-refractivity contribution in [3.63, 3.8) is 0 Å². The maximum Gasteiger partial charge on any atom is 0.508 e. The quantitative estimate of drug-likeness (QED) is 0.286. The van der Waals surface area contributed by atoms with Crippen molar-refractivity contribution >= 4 is 12.1 Å². The highest BCUT2D eigenvalue weighted by molar-refractivity contribution is 5.71. The lowest BCUT2D eigenvalue weighted by atomic mass is 9.73. The Morgan fingerprint density at radius 1 is 1.16 bits per heavy atom. The van der Waals surface area contributed by atoms with Gasteiger partial charge in [-0.3, -0.25) is 0 Å². The van der Waals surface area contributed by atoms with Crippen molar-refractivity contribution < 1.29 is 33.6 Å². The summed E-state index contributed by atoms with van der Waals surface area (Å²) in [5.74, 6) is 1.16. The number of carbonyl (C=O) groups excluding carboxylic acids is 2. The van der Waals surface area contributed by atoms with Crippen LogP contribution < -0.4 is 4.74 Å². The van der Waals surface area contributed by atoms with E-state index in [4.69, 9.17) is 18.9 Å². The fourth-order valence-corrected chi connectivity index (χ4v) is 5.87. The average Bonchev–Trinajstić information content (AvgIpc) is 3.19. The first-order chi connectivity index (χ1) is 17.8. The van der Waals surface area contributed by atoms with Gasteiger partial charge in [0.25, 0.3) is 0 Å². The van der Waals surface area contributed by atoms with Crippen molar-refractivity contribution in [2.24, 2.45) is 17.8 Å². The molecule has 0 spiro atoms. The van der Waals surface area contributed by atoms with E-state index < -0.39 is 12.1 Å². The number of carbonyl (C=O) groups is 2. The van der Waals surface area contributed by atoms with Crippen molar-refractivity contribution in [3.8, 4) is 5.75 Å². The molecular formula is C29H45NO7. The topological polar surface area (TPSA) is 94.5 Å². The van der Waals surface area contributed by atoms with Crippen LogP contribution in [-0.2, 0) is 31.8 Å². The van der Waals surface area contributed by atoms with Crippen molar-refractivity contribution in [1.82, 2.24) is 4.90 Å². The number of hydrogen-bond donors (Lipinski definition) is 1. The van der Waals surface area contributed by atoms with Crippen LogP contribution in [0.2, 0.25) is 0 Å². The maximum absolute atomic E-state index is 12.5. The summed E-state index contributed by atoms with van der Waals surface area (Å²) in [5, 5.41) is 10.6. The predicted octanol–water partition coefficient (Wildman–Crippen LogP) is 4.39. The van der Waals surface area contributed by atoms with Crippen LogP contribution in [-0.4, -0.2) is 75.3 Å². The summed E-state index contributed by atoms with van der Waals surface area (Å²) in [6.07, 6.45) is 6.90. The summed E-state index contributed by atoms with van der Waals surface area (Å²) in [5.41, 5.74) is 2.34. The highest BCUT2D eigenvalue weighted by Gasteiger charge is 2.47. The summed E-state index contributed by atoms with van der Waals surface area (Å²) < 4.78 is 21.8. The first kappa shape index (κ1) is 29.2. The molecule has 5 unspecified atom stereocenters. The van der Waals surface area contributed by atoms with Crippen LogP contribution in [0.15, 0.2) is 18.2 Å². The maximum atomic E-state index is 12.5. The third kappa shape index (κ3) is 8.60. The number of likely N-dealkylation sites (N-methyl/N-ethyl adjacent to an activating group) is 1. The summed E-state index contributed by atoms with van der Waals surface area (Å²) in [7, 11) is 5.21. The van der Waals surface area contributed by atoms with Crippen molar-refractivity contribution in [2.75, 3.05) is 41.0 Å². The first-order valence-electron chi connectivity index (χ1n) is 13.8. The Labute approximate surface area is 221 Å². The molecule has 1 aromatic rings. The second-order valence-corrected chi connectivity index (χ2v) is 10.8. The molecule has 1 fully saturated rings. The minimum absolute atomic E-state index is 0.121. The largest absolute Gasteiger partial charge is 0.508 e. The molecule has 0 amide bonds. The SMILES string of the molecule is CCCCCC(O)CCC1C(OC(=O)OCCN(C)C)CC2Cc3c(cccc3OCC(=O)OC)CC21. The minimum Gasteiger partial charge on any atom is -0.482 e. The zero-order valence-electron chi connectivity index (χ0n) is 22.9. The average molecular weight is 520 g/mol. The van der Waals surface area contributed by atoms with E-state index in [1.54, 1.807) is 0 Å². The summed E-state index contributed by atoms with van der Waals surface area (Å²) >= 11 is 0. The number of benzene rings is 1. The number of unbranched alkanes of at least 4 members (excludes halogenated alkanes) is 2. The van der Waals surface area contributed by atoms with E-state index in [1.807, 2.05) is 31.1 Å². The van der Waals surface area contributed by atoms with Gasteiger partial charge in [-0.15, -0.1) is 0 Å². The molecule has 0 heterocycles. The third-order valence-electron chi connectivity index (χ3n) is 7.87. The van der Waals surface area contributed by atoms with Gasteiger partial charge in [-0.2, -0.15) is 0 Å². The lowest BCUT2D eigenvalue weighted by Crippen LogP contribution is -2.30. The molecule has 1 saturated carbocycles. The molecule has 1 aromatic carbocycles. The molecule has 0 radical (unpaired) electrons. The Kier molecular flexibility index (Phi) is 11.5. The van der Waals surface area contributed by atoms with Gasteiger partial charge < -0.3 is 29.0 Å². The molecule has 0 aromatic heterocycles.